The molecule has 0 radical (unpaired) electrons. The van der Waals surface area contributed by atoms with Crippen molar-refractivity contribution in [2.24, 2.45) is 5.92 Å². The van der Waals surface area contributed by atoms with Gasteiger partial charge in [0.1, 0.15) is 6.54 Å². The lowest BCUT2D eigenvalue weighted by atomic mass is 9.98. The highest BCUT2D eigenvalue weighted by molar-refractivity contribution is 6.22. The molecule has 0 saturated carbocycles. The second-order valence-corrected chi connectivity index (χ2v) is 5.76. The van der Waals surface area contributed by atoms with Crippen molar-refractivity contribution >= 4 is 23.7 Å². The molecule has 3 amide bonds. The van der Waals surface area contributed by atoms with E-state index in [4.69, 9.17) is 5.11 Å². The average molecular weight is 316 g/mol. The third-order valence-corrected chi connectivity index (χ3v) is 4.29. The van der Waals surface area contributed by atoms with E-state index in [2.05, 4.69) is 0 Å². The van der Waals surface area contributed by atoms with Gasteiger partial charge in [-0.1, -0.05) is 12.1 Å². The number of fused-ring (bicyclic) bond motifs is 1. The molecule has 0 aromatic heterocycles. The molecule has 7 nitrogen and oxygen atoms in total. The van der Waals surface area contributed by atoms with E-state index in [1.54, 1.807) is 24.3 Å². The normalized spacial score (nSPS) is 20.6. The van der Waals surface area contributed by atoms with E-state index in [0.717, 1.165) is 4.90 Å². The fraction of sp³-hybridized carbons (Fsp3) is 0.375. The first kappa shape index (κ1) is 15.2. The third-order valence-electron chi connectivity index (χ3n) is 4.29. The van der Waals surface area contributed by atoms with Gasteiger partial charge < -0.3 is 10.0 Å². The van der Waals surface area contributed by atoms with Crippen molar-refractivity contribution in [2.75, 3.05) is 19.6 Å². The first-order chi connectivity index (χ1) is 11.0. The Labute approximate surface area is 132 Å². The van der Waals surface area contributed by atoms with Crippen LogP contribution in [0.25, 0.3) is 0 Å². The van der Waals surface area contributed by atoms with Gasteiger partial charge in [0.25, 0.3) is 11.8 Å². The molecule has 2 aliphatic rings. The number of amides is 3. The van der Waals surface area contributed by atoms with Gasteiger partial charge in [0, 0.05) is 13.1 Å². The largest absolute Gasteiger partial charge is 0.481 e. The van der Waals surface area contributed by atoms with Crippen LogP contribution in [0.2, 0.25) is 0 Å². The summed E-state index contributed by atoms with van der Waals surface area (Å²) in [5.41, 5.74) is 0.597. The SMILES string of the molecule is O=C(O)[C@H]1CCCN(C(=O)CN2C(=O)c3ccccc3C2=O)C1. The lowest BCUT2D eigenvalue weighted by Gasteiger charge is -2.31. The van der Waals surface area contributed by atoms with Crippen molar-refractivity contribution in [3.8, 4) is 0 Å². The second kappa shape index (κ2) is 5.83. The van der Waals surface area contributed by atoms with E-state index in [0.29, 0.717) is 30.5 Å². The van der Waals surface area contributed by atoms with Crippen molar-refractivity contribution < 1.29 is 24.3 Å². The van der Waals surface area contributed by atoms with Gasteiger partial charge >= 0.3 is 5.97 Å². The van der Waals surface area contributed by atoms with Crippen LogP contribution in [0, 0.1) is 5.92 Å². The Balaban J connectivity index is 1.71. The number of hydrogen-bond donors (Lipinski definition) is 1. The van der Waals surface area contributed by atoms with Crippen LogP contribution in [0.1, 0.15) is 33.6 Å². The number of hydrogen-bond acceptors (Lipinski definition) is 4. The first-order valence-corrected chi connectivity index (χ1v) is 7.45. The lowest BCUT2D eigenvalue weighted by Crippen LogP contribution is -2.47. The Morgan fingerprint density at radius 1 is 1.13 bits per heavy atom. The number of carboxylic acids is 1. The standard InChI is InChI=1S/C16H16N2O5/c19-13(17-7-3-4-10(8-17)16(22)23)9-18-14(20)11-5-1-2-6-12(11)15(18)21/h1-2,5-6,10H,3-4,7-9H2,(H,22,23)/t10-/m0/s1. The summed E-state index contributed by atoms with van der Waals surface area (Å²) in [5.74, 6) is -2.87. The molecule has 120 valence electrons. The topological polar surface area (TPSA) is 95.0 Å². The van der Waals surface area contributed by atoms with Crippen LogP contribution in [0.3, 0.4) is 0 Å². The van der Waals surface area contributed by atoms with E-state index in [-0.39, 0.29) is 13.1 Å². The summed E-state index contributed by atoms with van der Waals surface area (Å²) in [7, 11) is 0. The fourth-order valence-electron chi connectivity index (χ4n) is 3.02. The Morgan fingerprint density at radius 2 is 1.74 bits per heavy atom. The summed E-state index contributed by atoms with van der Waals surface area (Å²) in [6, 6.07) is 6.44. The van der Waals surface area contributed by atoms with E-state index in [1.165, 1.54) is 4.90 Å². The number of carbonyl (C=O) groups is 4. The van der Waals surface area contributed by atoms with E-state index >= 15 is 0 Å². The Kier molecular flexibility index (Phi) is 3.85. The predicted molar refractivity (Wildman–Crippen MR) is 78.7 cm³/mol. The predicted octanol–water partition coefficient (Wildman–Crippen LogP) is 0.606. The number of nitrogens with zero attached hydrogens (tertiary/aromatic N) is 2. The Morgan fingerprint density at radius 3 is 2.30 bits per heavy atom. The molecule has 1 N–H and O–H groups in total. The molecule has 0 aliphatic carbocycles. The smallest absolute Gasteiger partial charge is 0.308 e. The zero-order valence-corrected chi connectivity index (χ0v) is 12.4. The van der Waals surface area contributed by atoms with Crippen LogP contribution in [-0.2, 0) is 9.59 Å². The number of rotatable bonds is 3. The zero-order chi connectivity index (χ0) is 16.6. The molecule has 7 heteroatoms. The molecule has 0 bridgehead atoms. The highest BCUT2D eigenvalue weighted by Crippen LogP contribution is 2.23. The van der Waals surface area contributed by atoms with Crippen LogP contribution in [-0.4, -0.2) is 58.2 Å². The molecule has 1 aromatic rings. The minimum atomic E-state index is -0.928. The third kappa shape index (κ3) is 2.69. The number of carbonyl (C=O) groups excluding carboxylic acids is 3. The van der Waals surface area contributed by atoms with E-state index in [9.17, 15) is 19.2 Å². The minimum Gasteiger partial charge on any atom is -0.481 e. The number of imide groups is 1. The first-order valence-electron chi connectivity index (χ1n) is 7.45. The summed E-state index contributed by atoms with van der Waals surface area (Å²) in [4.78, 5) is 50.2. The van der Waals surface area contributed by atoms with Crippen molar-refractivity contribution in [1.82, 2.24) is 9.80 Å². The van der Waals surface area contributed by atoms with Crippen molar-refractivity contribution in [2.45, 2.75) is 12.8 Å². The highest BCUT2D eigenvalue weighted by atomic mass is 16.4. The molecule has 1 atom stereocenters. The van der Waals surface area contributed by atoms with Gasteiger partial charge in [0.15, 0.2) is 0 Å². The molecule has 23 heavy (non-hydrogen) atoms. The number of aliphatic carboxylic acids is 1. The summed E-state index contributed by atoms with van der Waals surface area (Å²) < 4.78 is 0. The van der Waals surface area contributed by atoms with Gasteiger partial charge in [-0.05, 0) is 25.0 Å². The maximum Gasteiger partial charge on any atom is 0.308 e. The molecule has 1 saturated heterocycles. The second-order valence-electron chi connectivity index (χ2n) is 5.76. The lowest BCUT2D eigenvalue weighted by molar-refractivity contribution is -0.145. The molecular formula is C16H16N2O5. The zero-order valence-electron chi connectivity index (χ0n) is 12.4. The molecule has 3 rings (SSSR count). The monoisotopic (exact) mass is 316 g/mol. The molecule has 1 fully saturated rings. The van der Waals surface area contributed by atoms with Gasteiger partial charge in [0.2, 0.25) is 5.91 Å². The maximum absolute atomic E-state index is 12.4. The van der Waals surface area contributed by atoms with Crippen LogP contribution >= 0.6 is 0 Å². The quantitative estimate of drug-likeness (QED) is 0.824. The van der Waals surface area contributed by atoms with Gasteiger partial charge in [-0.25, -0.2) is 0 Å². The van der Waals surface area contributed by atoms with Crippen LogP contribution in [0.4, 0.5) is 0 Å². The number of piperidine rings is 1. The summed E-state index contributed by atoms with van der Waals surface area (Å²) >= 11 is 0. The van der Waals surface area contributed by atoms with E-state index in [1.807, 2.05) is 0 Å². The van der Waals surface area contributed by atoms with Crippen LogP contribution in [0.5, 0.6) is 0 Å². The van der Waals surface area contributed by atoms with E-state index < -0.39 is 29.6 Å². The van der Waals surface area contributed by atoms with Crippen molar-refractivity contribution in [3.05, 3.63) is 35.4 Å². The highest BCUT2D eigenvalue weighted by Gasteiger charge is 2.38. The summed E-state index contributed by atoms with van der Waals surface area (Å²) in [5, 5.41) is 9.07. The summed E-state index contributed by atoms with van der Waals surface area (Å²) in [6.45, 7) is 0.224. The van der Waals surface area contributed by atoms with Gasteiger partial charge in [-0.15, -0.1) is 0 Å². The van der Waals surface area contributed by atoms with Crippen LogP contribution < -0.4 is 0 Å². The molecule has 0 spiro atoms. The minimum absolute atomic E-state index is 0.122. The molecular weight excluding hydrogens is 300 g/mol. The Bertz CT molecular complexity index is 664. The van der Waals surface area contributed by atoms with Gasteiger partial charge in [0.05, 0.1) is 17.0 Å². The molecule has 0 unspecified atom stereocenters. The molecule has 2 aliphatic heterocycles. The van der Waals surface area contributed by atoms with Gasteiger partial charge in [-0.3, -0.25) is 24.1 Å². The number of likely N-dealkylation sites (tertiary alicyclic amines) is 1. The number of carboxylic acid groups (broad SMARTS) is 1. The fourth-order valence-corrected chi connectivity index (χ4v) is 3.02. The van der Waals surface area contributed by atoms with Gasteiger partial charge in [-0.2, -0.15) is 0 Å². The Hall–Kier alpha value is -2.70. The average Bonchev–Trinajstić information content (AvgIpc) is 2.80. The van der Waals surface area contributed by atoms with Crippen LogP contribution in [0.15, 0.2) is 24.3 Å². The molecule has 2 heterocycles. The van der Waals surface area contributed by atoms with Crippen molar-refractivity contribution in [1.29, 1.82) is 0 Å². The molecule has 1 aromatic carbocycles. The number of benzene rings is 1. The maximum atomic E-state index is 12.4. The van der Waals surface area contributed by atoms with Crippen molar-refractivity contribution in [3.63, 3.8) is 0 Å². The summed E-state index contributed by atoms with van der Waals surface area (Å²) in [6.07, 6.45) is 1.14.